The number of hydrogen-bond donors (Lipinski definition) is 1. The molecule has 0 unspecified atom stereocenters. The molecule has 4 nitrogen and oxygen atoms in total. The third-order valence-electron chi connectivity index (χ3n) is 5.02. The summed E-state index contributed by atoms with van der Waals surface area (Å²) in [6.07, 6.45) is 2.57. The lowest BCUT2D eigenvalue weighted by molar-refractivity contribution is -0.124. The molecule has 0 radical (unpaired) electrons. The highest BCUT2D eigenvalue weighted by Gasteiger charge is 2.39. The zero-order valence-corrected chi connectivity index (χ0v) is 13.8. The van der Waals surface area contributed by atoms with Crippen molar-refractivity contribution in [1.82, 2.24) is 4.90 Å². The molecule has 2 aliphatic heterocycles. The maximum atomic E-state index is 14.0. The third-order valence-corrected chi connectivity index (χ3v) is 5.32. The first-order valence-electron chi connectivity index (χ1n) is 8.12. The second-order valence-electron chi connectivity index (χ2n) is 6.46. The van der Waals surface area contributed by atoms with Crippen LogP contribution in [0.4, 0.5) is 4.39 Å². The van der Waals surface area contributed by atoms with Gasteiger partial charge in [-0.3, -0.25) is 9.69 Å². The molecule has 1 amide bonds. The zero-order chi connectivity index (χ0) is 16.4. The van der Waals surface area contributed by atoms with Crippen LogP contribution in [0.5, 0.6) is 0 Å². The van der Waals surface area contributed by atoms with Crippen molar-refractivity contribution in [3.63, 3.8) is 0 Å². The van der Waals surface area contributed by atoms with E-state index in [1.54, 1.807) is 18.2 Å². The Kier molecular flexibility index (Phi) is 5.19. The van der Waals surface area contributed by atoms with Gasteiger partial charge in [0.1, 0.15) is 5.82 Å². The van der Waals surface area contributed by atoms with Gasteiger partial charge >= 0.3 is 0 Å². The van der Waals surface area contributed by atoms with Crippen molar-refractivity contribution >= 4 is 17.5 Å². The predicted octanol–water partition coefficient (Wildman–Crippen LogP) is 2.58. The van der Waals surface area contributed by atoms with Crippen LogP contribution in [0.2, 0.25) is 5.02 Å². The third kappa shape index (κ3) is 3.67. The summed E-state index contributed by atoms with van der Waals surface area (Å²) in [5.74, 6) is -0.382. The summed E-state index contributed by atoms with van der Waals surface area (Å²) < 4.78 is 19.7. The summed E-state index contributed by atoms with van der Waals surface area (Å²) in [5, 5.41) is 0.168. The second kappa shape index (κ2) is 7.16. The first kappa shape index (κ1) is 16.7. The summed E-state index contributed by atoms with van der Waals surface area (Å²) >= 11 is 5.83. The van der Waals surface area contributed by atoms with Crippen molar-refractivity contribution in [3.8, 4) is 0 Å². The molecule has 2 fully saturated rings. The van der Waals surface area contributed by atoms with E-state index < -0.39 is 0 Å². The predicted molar refractivity (Wildman–Crippen MR) is 86.5 cm³/mol. The molecule has 1 aromatic carbocycles. The van der Waals surface area contributed by atoms with E-state index in [1.807, 2.05) is 0 Å². The molecule has 0 aliphatic carbocycles. The van der Waals surface area contributed by atoms with E-state index in [-0.39, 0.29) is 28.8 Å². The average Bonchev–Trinajstić information content (AvgIpc) is 3.02. The van der Waals surface area contributed by atoms with Crippen LogP contribution in [0.3, 0.4) is 0 Å². The van der Waals surface area contributed by atoms with E-state index >= 15 is 0 Å². The average molecular weight is 341 g/mol. The fourth-order valence-electron chi connectivity index (χ4n) is 3.73. The monoisotopic (exact) mass is 340 g/mol. The molecule has 2 aliphatic rings. The molecule has 2 atom stereocenters. The number of piperidine rings is 1. The molecule has 126 valence electrons. The number of hydrogen-bond acceptors (Lipinski definition) is 3. The minimum Gasteiger partial charge on any atom is -0.377 e. The molecule has 0 bridgehead atoms. The number of rotatable bonds is 4. The summed E-state index contributed by atoms with van der Waals surface area (Å²) in [4.78, 5) is 13.7. The zero-order valence-electron chi connectivity index (χ0n) is 13.0. The summed E-state index contributed by atoms with van der Waals surface area (Å²) in [7, 11) is 0. The van der Waals surface area contributed by atoms with Crippen molar-refractivity contribution in [1.29, 1.82) is 0 Å². The Hall–Kier alpha value is -1.17. The first-order chi connectivity index (χ1) is 11.1. The lowest BCUT2D eigenvalue weighted by Crippen LogP contribution is -2.42. The van der Waals surface area contributed by atoms with Gasteiger partial charge in [-0.1, -0.05) is 23.7 Å². The van der Waals surface area contributed by atoms with Gasteiger partial charge < -0.3 is 10.5 Å². The summed E-state index contributed by atoms with van der Waals surface area (Å²) in [6.45, 7) is 2.90. The number of nitrogens with two attached hydrogens (primary N) is 1. The highest BCUT2D eigenvalue weighted by atomic mass is 35.5. The van der Waals surface area contributed by atoms with Crippen LogP contribution in [0.25, 0.3) is 0 Å². The van der Waals surface area contributed by atoms with E-state index in [1.165, 1.54) is 0 Å². The molecule has 2 N–H and O–H groups in total. The number of amides is 1. The number of primary amides is 1. The lowest BCUT2D eigenvalue weighted by Gasteiger charge is -2.35. The molecule has 0 aromatic heterocycles. The Labute approximate surface area is 140 Å². The fourth-order valence-corrected chi connectivity index (χ4v) is 3.93. The van der Waals surface area contributed by atoms with Crippen molar-refractivity contribution in [2.45, 2.75) is 31.9 Å². The van der Waals surface area contributed by atoms with Crippen molar-refractivity contribution in [2.24, 2.45) is 17.6 Å². The Morgan fingerprint density at radius 1 is 1.35 bits per heavy atom. The Bertz CT molecular complexity index is 576. The topological polar surface area (TPSA) is 55.6 Å². The van der Waals surface area contributed by atoms with Crippen LogP contribution in [-0.2, 0) is 16.1 Å². The molecule has 23 heavy (non-hydrogen) atoms. The molecular formula is C17H22ClFN2O2. The number of ether oxygens (including phenoxy) is 1. The van der Waals surface area contributed by atoms with E-state index in [9.17, 15) is 9.18 Å². The maximum Gasteiger partial charge on any atom is 0.223 e. The molecule has 3 rings (SSSR count). The molecule has 2 heterocycles. The fraction of sp³-hybridized carbons (Fsp3) is 0.588. The lowest BCUT2D eigenvalue weighted by atomic mass is 9.84. The van der Waals surface area contributed by atoms with E-state index in [4.69, 9.17) is 22.1 Å². The molecule has 2 saturated heterocycles. The Morgan fingerprint density at radius 3 is 2.78 bits per heavy atom. The minimum atomic E-state index is -0.329. The molecular weight excluding hydrogens is 319 g/mol. The van der Waals surface area contributed by atoms with Crippen molar-refractivity contribution in [3.05, 3.63) is 34.6 Å². The van der Waals surface area contributed by atoms with Crippen molar-refractivity contribution in [2.75, 3.05) is 19.7 Å². The van der Waals surface area contributed by atoms with Gasteiger partial charge in [-0.25, -0.2) is 4.39 Å². The first-order valence-corrected chi connectivity index (χ1v) is 8.50. The number of halogens is 2. The van der Waals surface area contributed by atoms with Gasteiger partial charge in [0, 0.05) is 18.7 Å². The van der Waals surface area contributed by atoms with Crippen LogP contribution >= 0.6 is 11.6 Å². The van der Waals surface area contributed by atoms with E-state index in [0.29, 0.717) is 24.6 Å². The number of likely N-dealkylation sites (tertiary alicyclic amines) is 1. The van der Waals surface area contributed by atoms with Crippen LogP contribution in [0.15, 0.2) is 18.2 Å². The molecule has 1 aromatic rings. The molecule has 0 spiro atoms. The van der Waals surface area contributed by atoms with Crippen LogP contribution in [-0.4, -0.2) is 36.6 Å². The Balaban J connectivity index is 1.56. The van der Waals surface area contributed by atoms with Crippen LogP contribution in [0, 0.1) is 17.7 Å². The number of carbonyl (C=O) groups excluding carboxylic acids is 1. The van der Waals surface area contributed by atoms with Gasteiger partial charge in [-0.05, 0) is 44.3 Å². The minimum absolute atomic E-state index is 0.0439. The van der Waals surface area contributed by atoms with Gasteiger partial charge in [0.15, 0.2) is 0 Å². The Morgan fingerprint density at radius 2 is 2.09 bits per heavy atom. The quantitative estimate of drug-likeness (QED) is 0.916. The number of carbonyl (C=O) groups is 1. The van der Waals surface area contributed by atoms with Gasteiger partial charge in [0.25, 0.3) is 0 Å². The smallest absolute Gasteiger partial charge is 0.223 e. The van der Waals surface area contributed by atoms with Crippen LogP contribution < -0.4 is 5.73 Å². The summed E-state index contributed by atoms with van der Waals surface area (Å²) in [5.41, 5.74) is 6.10. The van der Waals surface area contributed by atoms with Gasteiger partial charge in [-0.15, -0.1) is 0 Å². The van der Waals surface area contributed by atoms with E-state index in [0.717, 1.165) is 32.4 Å². The van der Waals surface area contributed by atoms with E-state index in [2.05, 4.69) is 4.90 Å². The largest absolute Gasteiger partial charge is 0.377 e. The van der Waals surface area contributed by atoms with Gasteiger partial charge in [-0.2, -0.15) is 0 Å². The SMILES string of the molecule is NC(=O)[C@H]1CCO[C@@H]1C1CCN(Cc2cccc(Cl)c2F)CC1. The molecule has 0 saturated carbocycles. The summed E-state index contributed by atoms with van der Waals surface area (Å²) in [6, 6.07) is 5.11. The maximum absolute atomic E-state index is 14.0. The normalized spacial score (nSPS) is 26.5. The second-order valence-corrected chi connectivity index (χ2v) is 6.87. The van der Waals surface area contributed by atoms with Crippen molar-refractivity contribution < 1.29 is 13.9 Å². The van der Waals surface area contributed by atoms with Crippen LogP contribution in [0.1, 0.15) is 24.8 Å². The van der Waals surface area contributed by atoms with Gasteiger partial charge in [0.2, 0.25) is 5.91 Å². The molecule has 6 heteroatoms. The highest BCUT2D eigenvalue weighted by Crippen LogP contribution is 2.33. The van der Waals surface area contributed by atoms with Gasteiger partial charge in [0.05, 0.1) is 17.0 Å². The highest BCUT2D eigenvalue weighted by molar-refractivity contribution is 6.30. The standard InChI is InChI=1S/C17H22ClFN2O2/c18-14-3-1-2-12(15(14)19)10-21-7-4-11(5-8-21)16-13(17(20)22)6-9-23-16/h1-3,11,13,16H,4-10H2,(H2,20,22)/t13-,16+/m0/s1. The number of benzene rings is 1. The number of nitrogens with zero attached hydrogens (tertiary/aromatic N) is 1.